The van der Waals surface area contributed by atoms with Crippen LogP contribution in [0.25, 0.3) is 11.0 Å². The first-order valence-corrected chi connectivity index (χ1v) is 8.08. The Bertz CT molecular complexity index is 787. The van der Waals surface area contributed by atoms with Crippen molar-refractivity contribution < 1.29 is 14.3 Å². The van der Waals surface area contributed by atoms with E-state index >= 15 is 0 Å². The summed E-state index contributed by atoms with van der Waals surface area (Å²) in [5.74, 6) is -0.170. The van der Waals surface area contributed by atoms with Gasteiger partial charge in [0.1, 0.15) is 16.9 Å². The van der Waals surface area contributed by atoms with Crippen molar-refractivity contribution in [2.24, 2.45) is 0 Å². The zero-order valence-electron chi connectivity index (χ0n) is 13.2. The van der Waals surface area contributed by atoms with E-state index in [2.05, 4.69) is 5.32 Å². The summed E-state index contributed by atoms with van der Waals surface area (Å²) in [6.45, 7) is 2.38. The lowest BCUT2D eigenvalue weighted by molar-refractivity contribution is 0.0978. The van der Waals surface area contributed by atoms with Crippen molar-refractivity contribution in [3.8, 4) is 5.75 Å². The zero-order valence-corrected chi connectivity index (χ0v) is 13.2. The number of benzene rings is 1. The van der Waals surface area contributed by atoms with E-state index in [0.29, 0.717) is 23.6 Å². The number of hydrogen-bond donors (Lipinski definition) is 2. The van der Waals surface area contributed by atoms with Crippen LogP contribution in [0, 0.1) is 6.92 Å². The van der Waals surface area contributed by atoms with Crippen molar-refractivity contribution in [3.63, 3.8) is 0 Å². The molecule has 0 unspecified atom stereocenters. The number of phenols is 1. The molecule has 1 fully saturated rings. The van der Waals surface area contributed by atoms with Crippen LogP contribution in [0.4, 0.5) is 0 Å². The number of nitrogens with one attached hydrogen (secondary N) is 1. The van der Waals surface area contributed by atoms with E-state index < -0.39 is 5.63 Å². The van der Waals surface area contributed by atoms with Crippen LogP contribution in [0.2, 0.25) is 0 Å². The van der Waals surface area contributed by atoms with Crippen molar-refractivity contribution in [1.82, 2.24) is 5.32 Å². The lowest BCUT2D eigenvalue weighted by Crippen LogP contribution is -2.29. The third-order valence-corrected chi connectivity index (χ3v) is 4.49. The molecule has 1 aliphatic carbocycles. The van der Waals surface area contributed by atoms with Gasteiger partial charge in [0.15, 0.2) is 5.78 Å². The van der Waals surface area contributed by atoms with Gasteiger partial charge in [-0.15, -0.1) is 0 Å². The van der Waals surface area contributed by atoms with E-state index in [4.69, 9.17) is 4.42 Å². The second kappa shape index (κ2) is 6.54. The van der Waals surface area contributed by atoms with Gasteiger partial charge in [0, 0.05) is 30.5 Å². The molecule has 0 amide bonds. The Labute approximate surface area is 134 Å². The first kappa shape index (κ1) is 15.7. The highest BCUT2D eigenvalue weighted by molar-refractivity contribution is 5.98. The number of rotatable bonds is 5. The largest absolute Gasteiger partial charge is 0.508 e. The van der Waals surface area contributed by atoms with E-state index in [0.717, 1.165) is 18.4 Å². The molecule has 5 heteroatoms. The Morgan fingerprint density at radius 1 is 1.30 bits per heavy atom. The Balaban J connectivity index is 1.77. The molecule has 2 N–H and O–H groups in total. The average molecular weight is 315 g/mol. The first-order valence-electron chi connectivity index (χ1n) is 8.08. The van der Waals surface area contributed by atoms with Crippen molar-refractivity contribution in [2.45, 2.75) is 45.1 Å². The normalized spacial score (nSPS) is 15.3. The van der Waals surface area contributed by atoms with Crippen LogP contribution in [-0.2, 0) is 0 Å². The van der Waals surface area contributed by atoms with E-state index in [1.54, 1.807) is 19.1 Å². The van der Waals surface area contributed by atoms with Gasteiger partial charge in [0.05, 0.1) is 0 Å². The lowest BCUT2D eigenvalue weighted by atomic mass is 10.0. The molecule has 23 heavy (non-hydrogen) atoms. The summed E-state index contributed by atoms with van der Waals surface area (Å²) in [6.07, 6.45) is 5.09. The molecule has 2 aromatic rings. The maximum Gasteiger partial charge on any atom is 0.347 e. The van der Waals surface area contributed by atoms with Gasteiger partial charge in [-0.2, -0.15) is 0 Å². The third-order valence-electron chi connectivity index (χ3n) is 4.49. The Morgan fingerprint density at radius 2 is 2.04 bits per heavy atom. The fourth-order valence-electron chi connectivity index (χ4n) is 3.22. The number of ketones is 1. The minimum Gasteiger partial charge on any atom is -0.508 e. The summed E-state index contributed by atoms with van der Waals surface area (Å²) >= 11 is 0. The zero-order chi connectivity index (χ0) is 16.4. The van der Waals surface area contributed by atoms with Gasteiger partial charge < -0.3 is 14.8 Å². The SMILES string of the molecule is Cc1cc(O)cc2oc(=O)c(C(=O)CCNC3CCCC3)cc12. The molecule has 0 saturated heterocycles. The van der Waals surface area contributed by atoms with Gasteiger partial charge in [-0.1, -0.05) is 12.8 Å². The highest BCUT2D eigenvalue weighted by atomic mass is 16.4. The number of fused-ring (bicyclic) bond motifs is 1. The molecular formula is C18H21NO4. The van der Waals surface area contributed by atoms with Crippen LogP contribution in [0.5, 0.6) is 5.75 Å². The van der Waals surface area contributed by atoms with Gasteiger partial charge >= 0.3 is 5.63 Å². The fourth-order valence-corrected chi connectivity index (χ4v) is 3.22. The van der Waals surface area contributed by atoms with Crippen LogP contribution in [0.1, 0.15) is 48.0 Å². The first-order chi connectivity index (χ1) is 11.0. The maximum absolute atomic E-state index is 12.3. The second-order valence-electron chi connectivity index (χ2n) is 6.23. The topological polar surface area (TPSA) is 79.5 Å². The summed E-state index contributed by atoms with van der Waals surface area (Å²) in [5, 5.41) is 13.6. The van der Waals surface area contributed by atoms with Gasteiger partial charge in [0.25, 0.3) is 0 Å². The van der Waals surface area contributed by atoms with E-state index in [9.17, 15) is 14.7 Å². The monoisotopic (exact) mass is 315 g/mol. The minimum absolute atomic E-state index is 0.0398. The molecular weight excluding hydrogens is 294 g/mol. The number of phenolic OH excluding ortho intramolecular Hbond substituents is 1. The van der Waals surface area contributed by atoms with Crippen LogP contribution in [0.3, 0.4) is 0 Å². The predicted molar refractivity (Wildman–Crippen MR) is 88.1 cm³/mol. The molecule has 1 heterocycles. The highest BCUT2D eigenvalue weighted by Crippen LogP contribution is 2.24. The highest BCUT2D eigenvalue weighted by Gasteiger charge is 2.17. The summed E-state index contributed by atoms with van der Waals surface area (Å²) < 4.78 is 5.20. The fraction of sp³-hybridized carbons (Fsp3) is 0.444. The summed E-state index contributed by atoms with van der Waals surface area (Å²) in [7, 11) is 0. The van der Waals surface area contributed by atoms with Crippen LogP contribution >= 0.6 is 0 Å². The van der Waals surface area contributed by atoms with Gasteiger partial charge in [-0.3, -0.25) is 4.79 Å². The number of aromatic hydroxyl groups is 1. The molecule has 0 atom stereocenters. The van der Waals surface area contributed by atoms with Crippen molar-refractivity contribution in [1.29, 1.82) is 0 Å². The molecule has 5 nitrogen and oxygen atoms in total. The molecule has 1 saturated carbocycles. The number of aryl methyl sites for hydroxylation is 1. The number of carbonyl (C=O) groups is 1. The summed E-state index contributed by atoms with van der Waals surface area (Å²) in [4.78, 5) is 24.3. The smallest absolute Gasteiger partial charge is 0.347 e. The quantitative estimate of drug-likeness (QED) is 0.655. The third kappa shape index (κ3) is 3.45. The van der Waals surface area contributed by atoms with E-state index in [1.165, 1.54) is 18.9 Å². The van der Waals surface area contributed by atoms with Gasteiger partial charge in [0.2, 0.25) is 0 Å². The average Bonchev–Trinajstić information content (AvgIpc) is 2.99. The van der Waals surface area contributed by atoms with E-state index in [-0.39, 0.29) is 23.5 Å². The second-order valence-corrected chi connectivity index (χ2v) is 6.23. The number of hydrogen-bond acceptors (Lipinski definition) is 5. The Hall–Kier alpha value is -2.14. The standard InChI is InChI=1S/C18H21NO4/c1-11-8-13(20)9-17-14(11)10-15(18(22)23-17)16(21)6-7-19-12-4-2-3-5-12/h8-10,12,19-20H,2-7H2,1H3. The molecule has 0 spiro atoms. The predicted octanol–water partition coefficient (Wildman–Crippen LogP) is 2.91. The molecule has 122 valence electrons. The summed E-state index contributed by atoms with van der Waals surface area (Å²) in [6, 6.07) is 5.05. The molecule has 1 aromatic heterocycles. The summed E-state index contributed by atoms with van der Waals surface area (Å²) in [5.41, 5.74) is 0.503. The van der Waals surface area contributed by atoms with Crippen LogP contribution in [-0.4, -0.2) is 23.5 Å². The van der Waals surface area contributed by atoms with Crippen molar-refractivity contribution in [3.05, 3.63) is 39.7 Å². The van der Waals surface area contributed by atoms with E-state index in [1.807, 2.05) is 0 Å². The molecule has 3 rings (SSSR count). The Kier molecular flexibility index (Phi) is 4.48. The molecule has 1 aromatic carbocycles. The Morgan fingerprint density at radius 3 is 2.78 bits per heavy atom. The minimum atomic E-state index is -0.645. The molecule has 0 aliphatic heterocycles. The molecule has 0 radical (unpaired) electrons. The number of carbonyl (C=O) groups excluding carboxylic acids is 1. The van der Waals surface area contributed by atoms with Gasteiger partial charge in [-0.05, 0) is 37.5 Å². The molecule has 1 aliphatic rings. The van der Waals surface area contributed by atoms with Crippen molar-refractivity contribution in [2.75, 3.05) is 6.54 Å². The lowest BCUT2D eigenvalue weighted by Gasteiger charge is -2.11. The number of Topliss-reactive ketones (excluding diaryl/α,β-unsaturated/α-hetero) is 1. The molecule has 0 bridgehead atoms. The van der Waals surface area contributed by atoms with Crippen molar-refractivity contribution >= 4 is 16.8 Å². The maximum atomic E-state index is 12.3. The van der Waals surface area contributed by atoms with Crippen LogP contribution < -0.4 is 10.9 Å². The van der Waals surface area contributed by atoms with Crippen LogP contribution in [0.15, 0.2) is 27.4 Å². The van der Waals surface area contributed by atoms with Gasteiger partial charge in [-0.25, -0.2) is 4.79 Å².